The van der Waals surface area contributed by atoms with Crippen LogP contribution in [-0.2, 0) is 17.5 Å². The molecule has 0 unspecified atom stereocenters. The topological polar surface area (TPSA) is 29.5 Å². The van der Waals surface area contributed by atoms with Crippen molar-refractivity contribution < 1.29 is 23.0 Å². The lowest BCUT2D eigenvalue weighted by Gasteiger charge is -2.13. The smallest absolute Gasteiger partial charge is 0.392 e. The van der Waals surface area contributed by atoms with E-state index in [1.54, 1.807) is 13.2 Å². The van der Waals surface area contributed by atoms with E-state index in [1.807, 2.05) is 0 Å². The van der Waals surface area contributed by atoms with Gasteiger partial charge in [0.15, 0.2) is 0 Å². The van der Waals surface area contributed by atoms with Gasteiger partial charge in [-0.25, -0.2) is 0 Å². The molecule has 0 saturated heterocycles. The van der Waals surface area contributed by atoms with E-state index in [-0.39, 0.29) is 5.56 Å². The summed E-state index contributed by atoms with van der Waals surface area (Å²) in [5.41, 5.74) is -0.856. The molecule has 102 valence electrons. The third-order valence-corrected chi connectivity index (χ3v) is 3.40. The van der Waals surface area contributed by atoms with Gasteiger partial charge in [0.1, 0.15) is 0 Å². The Labute approximate surface area is 108 Å². The van der Waals surface area contributed by atoms with E-state index >= 15 is 0 Å². The molecule has 1 N–H and O–H groups in total. The van der Waals surface area contributed by atoms with Gasteiger partial charge in [0.2, 0.25) is 0 Å². The van der Waals surface area contributed by atoms with Crippen LogP contribution in [0.1, 0.15) is 17.5 Å². The maximum absolute atomic E-state index is 12.7. The van der Waals surface area contributed by atoms with Gasteiger partial charge >= 0.3 is 6.18 Å². The number of rotatable bonds is 6. The first-order chi connectivity index (χ1) is 8.49. The first kappa shape index (κ1) is 15.3. The maximum Gasteiger partial charge on any atom is 0.416 e. The summed E-state index contributed by atoms with van der Waals surface area (Å²) in [5.74, 6) is 0.698. The van der Waals surface area contributed by atoms with Gasteiger partial charge in [-0.3, -0.25) is 0 Å². The lowest BCUT2D eigenvalue weighted by atomic mass is 10.1. The Kier molecular flexibility index (Phi) is 5.98. The van der Waals surface area contributed by atoms with Crippen LogP contribution < -0.4 is 0 Å². The number of benzene rings is 1. The monoisotopic (exact) mass is 280 g/mol. The highest BCUT2D eigenvalue weighted by molar-refractivity contribution is 7.99. The van der Waals surface area contributed by atoms with Gasteiger partial charge in [0.25, 0.3) is 0 Å². The molecule has 0 fully saturated rings. The van der Waals surface area contributed by atoms with Gasteiger partial charge in [-0.2, -0.15) is 13.2 Å². The lowest BCUT2D eigenvalue weighted by Crippen LogP contribution is -2.09. The molecule has 0 aliphatic carbocycles. The molecule has 0 atom stereocenters. The minimum absolute atomic E-state index is 0.0938. The molecule has 0 radical (unpaired) electrons. The van der Waals surface area contributed by atoms with Crippen LogP contribution in [-0.4, -0.2) is 24.6 Å². The van der Waals surface area contributed by atoms with Crippen molar-refractivity contribution in [2.45, 2.75) is 24.1 Å². The average Bonchev–Trinajstić information content (AvgIpc) is 2.33. The molecule has 0 amide bonds. The standard InChI is InChI=1S/C12H15F3O2S/c1-17-5-2-6-18-10-4-3-9(8-16)11(7-10)12(13,14)15/h3-4,7,16H,2,5-6,8H2,1H3. The molecule has 1 aromatic carbocycles. The van der Waals surface area contributed by atoms with E-state index in [1.165, 1.54) is 17.8 Å². The SMILES string of the molecule is COCCCSc1ccc(CO)c(C(F)(F)F)c1. The van der Waals surface area contributed by atoms with E-state index in [4.69, 9.17) is 9.84 Å². The summed E-state index contributed by atoms with van der Waals surface area (Å²) in [6.07, 6.45) is -3.65. The van der Waals surface area contributed by atoms with Crippen LogP contribution in [0.4, 0.5) is 13.2 Å². The van der Waals surface area contributed by atoms with Crippen molar-refractivity contribution in [2.75, 3.05) is 19.5 Å². The van der Waals surface area contributed by atoms with Gasteiger partial charge in [0, 0.05) is 24.4 Å². The Morgan fingerprint density at radius 2 is 2.06 bits per heavy atom. The van der Waals surface area contributed by atoms with Crippen molar-refractivity contribution in [2.24, 2.45) is 0 Å². The zero-order chi connectivity index (χ0) is 13.6. The average molecular weight is 280 g/mol. The molecule has 0 bridgehead atoms. The Balaban J connectivity index is 2.77. The third kappa shape index (κ3) is 4.51. The van der Waals surface area contributed by atoms with Gasteiger partial charge in [-0.1, -0.05) is 6.07 Å². The van der Waals surface area contributed by atoms with Crippen molar-refractivity contribution in [3.63, 3.8) is 0 Å². The molecule has 0 aromatic heterocycles. The number of ether oxygens (including phenoxy) is 1. The normalized spacial score (nSPS) is 11.8. The number of thioether (sulfide) groups is 1. The molecule has 1 aromatic rings. The van der Waals surface area contributed by atoms with Crippen LogP contribution in [0.3, 0.4) is 0 Å². The highest BCUT2D eigenvalue weighted by Gasteiger charge is 2.33. The number of methoxy groups -OCH3 is 1. The molecule has 1 rings (SSSR count). The predicted molar refractivity (Wildman–Crippen MR) is 64.6 cm³/mol. The molecule has 18 heavy (non-hydrogen) atoms. The zero-order valence-corrected chi connectivity index (χ0v) is 10.8. The van der Waals surface area contributed by atoms with E-state index in [0.29, 0.717) is 17.3 Å². The zero-order valence-electron chi connectivity index (χ0n) is 9.96. The minimum Gasteiger partial charge on any atom is -0.392 e. The molecule has 6 heteroatoms. The predicted octanol–water partition coefficient (Wildman–Crippen LogP) is 3.33. The first-order valence-corrected chi connectivity index (χ1v) is 6.40. The fraction of sp³-hybridized carbons (Fsp3) is 0.500. The van der Waals surface area contributed by atoms with Gasteiger partial charge < -0.3 is 9.84 Å². The second-order valence-electron chi connectivity index (χ2n) is 3.67. The van der Waals surface area contributed by atoms with Gasteiger partial charge in [0.05, 0.1) is 12.2 Å². The van der Waals surface area contributed by atoms with Crippen molar-refractivity contribution in [1.29, 1.82) is 0 Å². The summed E-state index contributed by atoms with van der Waals surface area (Å²) in [6.45, 7) is -0.0166. The van der Waals surface area contributed by atoms with Crippen molar-refractivity contribution in [3.8, 4) is 0 Å². The Bertz CT molecular complexity index is 380. The molecule has 0 spiro atoms. The van der Waals surface area contributed by atoms with Crippen LogP contribution >= 0.6 is 11.8 Å². The first-order valence-electron chi connectivity index (χ1n) is 5.41. The van der Waals surface area contributed by atoms with Gasteiger partial charge in [-0.05, 0) is 24.1 Å². The van der Waals surface area contributed by atoms with E-state index < -0.39 is 18.3 Å². The fourth-order valence-electron chi connectivity index (χ4n) is 1.44. The Hall–Kier alpha value is -0.720. The number of alkyl halides is 3. The molecular formula is C12H15F3O2S. The van der Waals surface area contributed by atoms with Crippen LogP contribution in [0.25, 0.3) is 0 Å². The van der Waals surface area contributed by atoms with Crippen LogP contribution in [0, 0.1) is 0 Å². The number of hydrogen-bond acceptors (Lipinski definition) is 3. The number of halogens is 3. The van der Waals surface area contributed by atoms with Crippen molar-refractivity contribution in [1.82, 2.24) is 0 Å². The molecule has 0 aliphatic heterocycles. The lowest BCUT2D eigenvalue weighted by molar-refractivity contribution is -0.138. The molecule has 0 heterocycles. The molecule has 2 nitrogen and oxygen atoms in total. The molecule has 0 saturated carbocycles. The summed E-state index contributed by atoms with van der Waals surface area (Å²) < 4.78 is 43.0. The summed E-state index contributed by atoms with van der Waals surface area (Å²) in [7, 11) is 1.59. The molecule has 0 aliphatic rings. The third-order valence-electron chi connectivity index (χ3n) is 2.32. The highest BCUT2D eigenvalue weighted by Crippen LogP contribution is 2.34. The second-order valence-corrected chi connectivity index (χ2v) is 4.84. The van der Waals surface area contributed by atoms with Crippen LogP contribution in [0.2, 0.25) is 0 Å². The van der Waals surface area contributed by atoms with E-state index in [2.05, 4.69) is 0 Å². The summed E-state index contributed by atoms with van der Waals surface area (Å²) >= 11 is 1.35. The highest BCUT2D eigenvalue weighted by atomic mass is 32.2. The Morgan fingerprint density at radius 3 is 2.61 bits per heavy atom. The van der Waals surface area contributed by atoms with Crippen molar-refractivity contribution >= 4 is 11.8 Å². The summed E-state index contributed by atoms with van der Waals surface area (Å²) in [4.78, 5) is 0.552. The summed E-state index contributed by atoms with van der Waals surface area (Å²) in [6, 6.07) is 4.00. The van der Waals surface area contributed by atoms with E-state index in [9.17, 15) is 13.2 Å². The Morgan fingerprint density at radius 1 is 1.33 bits per heavy atom. The quantitative estimate of drug-likeness (QED) is 0.640. The number of aliphatic hydroxyl groups is 1. The van der Waals surface area contributed by atoms with Gasteiger partial charge in [-0.15, -0.1) is 11.8 Å². The van der Waals surface area contributed by atoms with E-state index in [0.717, 1.165) is 12.5 Å². The molecular weight excluding hydrogens is 265 g/mol. The largest absolute Gasteiger partial charge is 0.416 e. The summed E-state index contributed by atoms with van der Waals surface area (Å²) in [5, 5.41) is 8.90. The second kappa shape index (κ2) is 7.01. The number of aliphatic hydroxyl groups excluding tert-OH is 1. The minimum atomic E-state index is -4.43. The number of hydrogen-bond donors (Lipinski definition) is 1. The van der Waals surface area contributed by atoms with Crippen LogP contribution in [0.5, 0.6) is 0 Å². The fourth-order valence-corrected chi connectivity index (χ4v) is 2.30. The maximum atomic E-state index is 12.7. The van der Waals surface area contributed by atoms with Crippen molar-refractivity contribution in [3.05, 3.63) is 29.3 Å². The van der Waals surface area contributed by atoms with Crippen LogP contribution in [0.15, 0.2) is 23.1 Å².